The molecule has 4 nitrogen and oxygen atoms in total. The van der Waals surface area contributed by atoms with Crippen molar-refractivity contribution in [3.63, 3.8) is 0 Å². The maximum Gasteiger partial charge on any atom is 0.416 e. The number of aliphatic carboxylic acids is 1. The molecular weight excluding hydrogens is 569 g/mol. The average molecular weight is 593 g/mol. The summed E-state index contributed by atoms with van der Waals surface area (Å²) in [6, 6.07) is 5.92. The van der Waals surface area contributed by atoms with Crippen molar-refractivity contribution in [3.05, 3.63) is 88.0 Å². The van der Waals surface area contributed by atoms with Gasteiger partial charge in [-0.05, 0) is 70.6 Å². The fraction of sp³-hybridized carbons (Fsp3) is 0.321. The SMILES string of the molecule is COc1ccc(C(C)C)cc1-c1ccc(C(F)(F)F)cc1CNC(C(=O)O)c1cc(C(F)(F)F)cc(C(F)(F)F)c1. The second kappa shape index (κ2) is 11.6. The maximum atomic E-state index is 13.6. The molecule has 222 valence electrons. The molecule has 0 spiro atoms. The number of carboxylic acid groups (broad SMARTS) is 1. The van der Waals surface area contributed by atoms with Gasteiger partial charge < -0.3 is 9.84 Å². The summed E-state index contributed by atoms with van der Waals surface area (Å²) in [6.45, 7) is 3.09. The molecular formula is C28H24F9NO3. The molecule has 41 heavy (non-hydrogen) atoms. The van der Waals surface area contributed by atoms with Crippen LogP contribution in [0.4, 0.5) is 39.5 Å². The minimum Gasteiger partial charge on any atom is -0.496 e. The van der Waals surface area contributed by atoms with Crippen molar-refractivity contribution in [1.82, 2.24) is 5.32 Å². The summed E-state index contributed by atoms with van der Waals surface area (Å²) in [5.41, 5.74) is -4.21. The third-order valence-electron chi connectivity index (χ3n) is 6.30. The number of hydrogen-bond acceptors (Lipinski definition) is 3. The fourth-order valence-electron chi connectivity index (χ4n) is 4.18. The van der Waals surface area contributed by atoms with E-state index >= 15 is 0 Å². The highest BCUT2D eigenvalue weighted by Gasteiger charge is 2.38. The van der Waals surface area contributed by atoms with E-state index in [1.54, 1.807) is 18.2 Å². The summed E-state index contributed by atoms with van der Waals surface area (Å²) in [6.07, 6.45) is -15.3. The Labute approximate surface area is 228 Å². The van der Waals surface area contributed by atoms with Crippen LogP contribution in [0.25, 0.3) is 11.1 Å². The van der Waals surface area contributed by atoms with Crippen molar-refractivity contribution < 1.29 is 54.2 Å². The second-order valence-electron chi connectivity index (χ2n) is 9.48. The smallest absolute Gasteiger partial charge is 0.416 e. The van der Waals surface area contributed by atoms with Gasteiger partial charge in [0.05, 0.1) is 23.8 Å². The van der Waals surface area contributed by atoms with Gasteiger partial charge in [0.15, 0.2) is 0 Å². The molecule has 0 aromatic heterocycles. The molecule has 1 atom stereocenters. The van der Waals surface area contributed by atoms with Crippen molar-refractivity contribution >= 4 is 5.97 Å². The van der Waals surface area contributed by atoms with Gasteiger partial charge in [0.1, 0.15) is 11.8 Å². The third kappa shape index (κ3) is 7.51. The Balaban J connectivity index is 2.15. The third-order valence-corrected chi connectivity index (χ3v) is 6.30. The van der Waals surface area contributed by atoms with Gasteiger partial charge in [-0.25, -0.2) is 0 Å². The number of hydrogen-bond donors (Lipinski definition) is 2. The lowest BCUT2D eigenvalue weighted by atomic mass is 9.92. The standard InChI is InChI=1S/C28H24F9NO3/c1-14(2)15-4-7-23(41-3)22(11-15)21-6-5-18(26(29,30)31)10-17(21)13-38-24(25(39)40)16-8-19(27(32,33)34)12-20(9-16)28(35,36)37/h4-12,14,24,38H,13H2,1-3H3,(H,39,40). The van der Waals surface area contributed by atoms with E-state index in [1.165, 1.54) is 7.11 Å². The normalized spacial score (nSPS) is 13.4. The number of alkyl halides is 9. The zero-order valence-electron chi connectivity index (χ0n) is 21.7. The monoisotopic (exact) mass is 593 g/mol. The van der Waals surface area contributed by atoms with Crippen molar-refractivity contribution in [2.45, 2.75) is 50.9 Å². The van der Waals surface area contributed by atoms with Gasteiger partial charge in [-0.1, -0.05) is 26.0 Å². The first-order valence-electron chi connectivity index (χ1n) is 12.0. The zero-order valence-corrected chi connectivity index (χ0v) is 21.7. The highest BCUT2D eigenvalue weighted by atomic mass is 19.4. The van der Waals surface area contributed by atoms with Crippen LogP contribution < -0.4 is 10.1 Å². The van der Waals surface area contributed by atoms with Crippen LogP contribution in [0.15, 0.2) is 54.6 Å². The van der Waals surface area contributed by atoms with E-state index in [0.29, 0.717) is 5.56 Å². The lowest BCUT2D eigenvalue weighted by Gasteiger charge is -2.21. The number of ether oxygens (including phenoxy) is 1. The van der Waals surface area contributed by atoms with Crippen LogP contribution in [0, 0.1) is 0 Å². The Hall–Kier alpha value is -3.74. The summed E-state index contributed by atoms with van der Waals surface area (Å²) < 4.78 is 126. The van der Waals surface area contributed by atoms with Gasteiger partial charge in [0, 0.05) is 12.1 Å². The van der Waals surface area contributed by atoms with Crippen LogP contribution in [0.1, 0.15) is 59.2 Å². The molecule has 2 N–H and O–H groups in total. The average Bonchev–Trinajstić information content (AvgIpc) is 2.86. The van der Waals surface area contributed by atoms with Gasteiger partial charge in [-0.3, -0.25) is 10.1 Å². The first-order valence-corrected chi connectivity index (χ1v) is 12.0. The maximum absolute atomic E-state index is 13.6. The van der Waals surface area contributed by atoms with E-state index in [1.807, 2.05) is 13.8 Å². The Morgan fingerprint density at radius 1 is 0.756 bits per heavy atom. The van der Waals surface area contributed by atoms with E-state index in [2.05, 4.69) is 5.32 Å². The highest BCUT2D eigenvalue weighted by Crippen LogP contribution is 2.40. The van der Waals surface area contributed by atoms with Crippen molar-refractivity contribution in [2.75, 3.05) is 7.11 Å². The Kier molecular flexibility index (Phi) is 9.02. The molecule has 3 aromatic carbocycles. The van der Waals surface area contributed by atoms with E-state index in [-0.39, 0.29) is 41.0 Å². The minimum atomic E-state index is -5.23. The van der Waals surface area contributed by atoms with Gasteiger partial charge in [-0.15, -0.1) is 0 Å². The quantitative estimate of drug-likeness (QED) is 0.258. The molecule has 0 bridgehead atoms. The number of methoxy groups -OCH3 is 1. The van der Waals surface area contributed by atoms with Crippen LogP contribution in [-0.2, 0) is 29.9 Å². The fourth-order valence-corrected chi connectivity index (χ4v) is 4.18. The predicted molar refractivity (Wildman–Crippen MR) is 131 cm³/mol. The molecule has 3 rings (SSSR count). The molecule has 13 heteroatoms. The molecule has 3 aromatic rings. The first-order chi connectivity index (χ1) is 18.8. The van der Waals surface area contributed by atoms with Crippen LogP contribution in [0.2, 0.25) is 0 Å². The molecule has 1 unspecified atom stereocenters. The van der Waals surface area contributed by atoms with E-state index in [9.17, 15) is 49.4 Å². The van der Waals surface area contributed by atoms with Crippen LogP contribution in [0.5, 0.6) is 5.75 Å². The van der Waals surface area contributed by atoms with Crippen LogP contribution in [-0.4, -0.2) is 18.2 Å². The van der Waals surface area contributed by atoms with Crippen LogP contribution in [0.3, 0.4) is 0 Å². The summed E-state index contributed by atoms with van der Waals surface area (Å²) >= 11 is 0. The highest BCUT2D eigenvalue weighted by molar-refractivity contribution is 5.77. The summed E-state index contributed by atoms with van der Waals surface area (Å²) in [5, 5.41) is 12.0. The number of rotatable bonds is 8. The minimum absolute atomic E-state index is 0.0100. The molecule has 0 heterocycles. The van der Waals surface area contributed by atoms with Crippen molar-refractivity contribution in [1.29, 1.82) is 0 Å². The van der Waals surface area contributed by atoms with Gasteiger partial charge in [-0.2, -0.15) is 39.5 Å². The molecule has 0 amide bonds. The molecule has 0 aliphatic carbocycles. The summed E-state index contributed by atoms with van der Waals surface area (Å²) in [4.78, 5) is 12.0. The lowest BCUT2D eigenvalue weighted by molar-refractivity contribution is -0.144. The molecule has 0 aliphatic rings. The zero-order chi connectivity index (χ0) is 30.9. The molecule has 0 fully saturated rings. The number of carboxylic acids is 1. The predicted octanol–water partition coefficient (Wildman–Crippen LogP) is 8.46. The topological polar surface area (TPSA) is 58.6 Å². The first kappa shape index (κ1) is 31.8. The van der Waals surface area contributed by atoms with E-state index < -0.39 is 59.3 Å². The Morgan fingerprint density at radius 2 is 1.32 bits per heavy atom. The van der Waals surface area contributed by atoms with Crippen molar-refractivity contribution in [2.24, 2.45) is 0 Å². The molecule has 0 saturated carbocycles. The number of halogens is 9. The molecule has 0 aliphatic heterocycles. The van der Waals surface area contributed by atoms with Gasteiger partial charge in [0.2, 0.25) is 0 Å². The Bertz CT molecular complexity index is 1380. The number of carbonyl (C=O) groups is 1. The summed E-state index contributed by atoms with van der Waals surface area (Å²) in [7, 11) is 1.34. The van der Waals surface area contributed by atoms with Crippen molar-refractivity contribution in [3.8, 4) is 16.9 Å². The van der Waals surface area contributed by atoms with E-state index in [4.69, 9.17) is 4.74 Å². The van der Waals surface area contributed by atoms with Gasteiger partial charge in [0.25, 0.3) is 0 Å². The largest absolute Gasteiger partial charge is 0.496 e. The van der Waals surface area contributed by atoms with Gasteiger partial charge >= 0.3 is 24.5 Å². The number of benzene rings is 3. The number of nitrogens with one attached hydrogen (secondary N) is 1. The van der Waals surface area contributed by atoms with E-state index in [0.717, 1.165) is 23.8 Å². The molecule has 0 saturated heterocycles. The lowest BCUT2D eigenvalue weighted by Crippen LogP contribution is -2.29. The summed E-state index contributed by atoms with van der Waals surface area (Å²) in [5.74, 6) is -1.56. The Morgan fingerprint density at radius 3 is 1.78 bits per heavy atom. The van der Waals surface area contributed by atoms with Crippen LogP contribution >= 0.6 is 0 Å². The molecule has 0 radical (unpaired) electrons. The second-order valence-corrected chi connectivity index (χ2v) is 9.48.